The highest BCUT2D eigenvalue weighted by Gasteiger charge is 2.35. The van der Waals surface area contributed by atoms with E-state index in [1.54, 1.807) is 30.3 Å². The van der Waals surface area contributed by atoms with Crippen molar-refractivity contribution in [1.29, 1.82) is 0 Å². The molecule has 3 aromatic carbocycles. The van der Waals surface area contributed by atoms with Crippen LogP contribution in [0.2, 0.25) is 0 Å². The molecule has 0 aliphatic heterocycles. The topological polar surface area (TPSA) is 122 Å². The number of rotatable bonds is 9. The second-order valence-corrected chi connectivity index (χ2v) is 11.4. The average molecular weight is 613 g/mol. The first-order valence-corrected chi connectivity index (χ1v) is 15.5. The molecule has 1 aromatic heterocycles. The van der Waals surface area contributed by atoms with Crippen LogP contribution < -0.4 is 20.7 Å². The fraction of sp³-hybridized carbons (Fsp3) is 0.216. The number of nitrogens with one attached hydrogen (secondary N) is 1. The Balaban J connectivity index is 1.30. The molecule has 0 amide bonds. The van der Waals surface area contributed by atoms with Crippen molar-refractivity contribution in [2.45, 2.75) is 34.1 Å². The maximum atomic E-state index is 13.8. The standard InChI is InChI=1S/C37H36N6O3/c1-5-43(6-2)32-20-19-29(23(4)39-32)42-41-25-15-13-24(14-16-25)40-30-21-31(46-26-17-11-22(3)12-18-26)35(38)34-33(30)36(44)27-9-7-8-10-28(27)37(34)45/h7-11,13-22,40H,5-6,12,38H2,1-4H3. The maximum Gasteiger partial charge on any atom is 0.196 e. The van der Waals surface area contributed by atoms with Crippen molar-refractivity contribution in [2.24, 2.45) is 16.1 Å². The van der Waals surface area contributed by atoms with E-state index in [1.165, 1.54) is 0 Å². The van der Waals surface area contributed by atoms with Gasteiger partial charge in [0.1, 0.15) is 17.3 Å². The Labute approximate surface area is 268 Å². The van der Waals surface area contributed by atoms with Crippen LogP contribution in [0.5, 0.6) is 5.75 Å². The molecule has 0 spiro atoms. The van der Waals surface area contributed by atoms with E-state index < -0.39 is 0 Å². The normalized spacial score (nSPS) is 15.4. The SMILES string of the molecule is CCN(CC)c1ccc(N=Nc2ccc(Nc3cc(OC4=CCC(C)C=C4)c(N)c4c3C(=O)c3ccccc3C4=O)cc2)c(C)n1. The number of ether oxygens (including phenoxy) is 1. The third-order valence-electron chi connectivity index (χ3n) is 8.26. The summed E-state index contributed by atoms with van der Waals surface area (Å²) in [7, 11) is 0. The molecule has 9 heteroatoms. The van der Waals surface area contributed by atoms with Crippen molar-refractivity contribution in [3.63, 3.8) is 0 Å². The van der Waals surface area contributed by atoms with Gasteiger partial charge in [0, 0.05) is 36.0 Å². The molecule has 0 radical (unpaired) electrons. The van der Waals surface area contributed by atoms with Gasteiger partial charge in [0.2, 0.25) is 0 Å². The van der Waals surface area contributed by atoms with E-state index in [2.05, 4.69) is 52.3 Å². The summed E-state index contributed by atoms with van der Waals surface area (Å²) >= 11 is 0. The fourth-order valence-electron chi connectivity index (χ4n) is 5.64. The van der Waals surface area contributed by atoms with Gasteiger partial charge in [0.15, 0.2) is 17.3 Å². The van der Waals surface area contributed by atoms with Crippen LogP contribution in [-0.2, 0) is 0 Å². The zero-order chi connectivity index (χ0) is 32.4. The number of nitrogens with zero attached hydrogens (tertiary/aromatic N) is 4. The molecule has 1 heterocycles. The van der Waals surface area contributed by atoms with E-state index in [1.807, 2.05) is 55.5 Å². The minimum Gasteiger partial charge on any atom is -0.455 e. The lowest BCUT2D eigenvalue weighted by Gasteiger charge is -2.24. The van der Waals surface area contributed by atoms with Crippen molar-refractivity contribution < 1.29 is 14.3 Å². The van der Waals surface area contributed by atoms with Gasteiger partial charge in [-0.05, 0) is 81.7 Å². The minimum atomic E-state index is -0.316. The number of carbonyl (C=O) groups excluding carboxylic acids is 2. The zero-order valence-electron chi connectivity index (χ0n) is 26.4. The first-order valence-electron chi connectivity index (χ1n) is 15.5. The van der Waals surface area contributed by atoms with Gasteiger partial charge in [0.25, 0.3) is 0 Å². The average Bonchev–Trinajstić information content (AvgIpc) is 3.07. The highest BCUT2D eigenvalue weighted by Crippen LogP contribution is 2.42. The summed E-state index contributed by atoms with van der Waals surface area (Å²) in [6.45, 7) is 10.0. The molecular formula is C37H36N6O3. The van der Waals surface area contributed by atoms with Crippen molar-refractivity contribution in [2.75, 3.05) is 29.0 Å². The first-order chi connectivity index (χ1) is 22.3. The molecule has 2 aliphatic rings. The van der Waals surface area contributed by atoms with Gasteiger partial charge in [-0.25, -0.2) is 4.98 Å². The summed E-state index contributed by atoms with van der Waals surface area (Å²) in [6.07, 6.45) is 6.77. The Bertz CT molecular complexity index is 1920. The number of fused-ring (bicyclic) bond motifs is 2. The number of anilines is 4. The van der Waals surface area contributed by atoms with E-state index in [0.29, 0.717) is 51.3 Å². The summed E-state index contributed by atoms with van der Waals surface area (Å²) < 4.78 is 6.20. The molecule has 3 N–H and O–H groups in total. The second-order valence-electron chi connectivity index (χ2n) is 11.4. The van der Waals surface area contributed by atoms with Crippen molar-refractivity contribution in [1.82, 2.24) is 4.98 Å². The number of benzene rings is 3. The van der Waals surface area contributed by atoms with Gasteiger partial charge in [-0.3, -0.25) is 9.59 Å². The van der Waals surface area contributed by atoms with Gasteiger partial charge >= 0.3 is 0 Å². The Morgan fingerprint density at radius 1 is 0.957 bits per heavy atom. The lowest BCUT2D eigenvalue weighted by Crippen LogP contribution is -2.24. The van der Waals surface area contributed by atoms with E-state index >= 15 is 0 Å². The van der Waals surface area contributed by atoms with Crippen molar-refractivity contribution in [3.05, 3.63) is 119 Å². The number of hydrogen-bond donors (Lipinski definition) is 2. The number of allylic oxidation sites excluding steroid dienone is 3. The predicted octanol–water partition coefficient (Wildman–Crippen LogP) is 8.61. The molecule has 6 rings (SSSR count). The van der Waals surface area contributed by atoms with E-state index in [4.69, 9.17) is 10.5 Å². The number of nitrogen functional groups attached to an aromatic ring is 1. The Morgan fingerprint density at radius 2 is 1.65 bits per heavy atom. The van der Waals surface area contributed by atoms with Gasteiger partial charge in [-0.15, -0.1) is 5.11 Å². The molecule has 9 nitrogen and oxygen atoms in total. The third kappa shape index (κ3) is 5.91. The molecule has 2 aliphatic carbocycles. The number of carbonyl (C=O) groups is 2. The van der Waals surface area contributed by atoms with E-state index in [0.717, 1.165) is 31.0 Å². The largest absolute Gasteiger partial charge is 0.455 e. The Kier molecular flexibility index (Phi) is 8.48. The quantitative estimate of drug-likeness (QED) is 0.126. The molecule has 0 saturated heterocycles. The highest BCUT2D eigenvalue weighted by atomic mass is 16.5. The van der Waals surface area contributed by atoms with E-state index in [9.17, 15) is 9.59 Å². The lowest BCUT2D eigenvalue weighted by molar-refractivity contribution is 0.0980. The summed E-state index contributed by atoms with van der Waals surface area (Å²) in [5.74, 6) is 1.66. The molecule has 0 bridgehead atoms. The van der Waals surface area contributed by atoms with Gasteiger partial charge in [0.05, 0.1) is 33.9 Å². The molecule has 4 aromatic rings. The molecular weight excluding hydrogens is 576 g/mol. The van der Waals surface area contributed by atoms with Crippen LogP contribution in [0.25, 0.3) is 0 Å². The molecule has 46 heavy (non-hydrogen) atoms. The number of azo groups is 1. The summed E-state index contributed by atoms with van der Waals surface area (Å²) in [4.78, 5) is 34.4. The van der Waals surface area contributed by atoms with Crippen LogP contribution in [0.3, 0.4) is 0 Å². The number of pyridine rings is 1. The van der Waals surface area contributed by atoms with Crippen LogP contribution in [0.4, 0.5) is 34.3 Å². The summed E-state index contributed by atoms with van der Waals surface area (Å²) in [5, 5.41) is 12.2. The Morgan fingerprint density at radius 3 is 2.28 bits per heavy atom. The van der Waals surface area contributed by atoms with Crippen LogP contribution in [0.1, 0.15) is 64.7 Å². The lowest BCUT2D eigenvalue weighted by atomic mass is 9.82. The number of nitrogens with two attached hydrogens (primary N) is 1. The maximum absolute atomic E-state index is 13.8. The van der Waals surface area contributed by atoms with Crippen LogP contribution in [0, 0.1) is 12.8 Å². The van der Waals surface area contributed by atoms with E-state index in [-0.39, 0.29) is 28.4 Å². The third-order valence-corrected chi connectivity index (χ3v) is 8.26. The summed E-state index contributed by atoms with van der Waals surface area (Å²) in [6, 6.07) is 19.7. The van der Waals surface area contributed by atoms with Crippen LogP contribution >= 0.6 is 0 Å². The number of aryl methyl sites for hydroxylation is 1. The zero-order valence-corrected chi connectivity index (χ0v) is 26.4. The second kappa shape index (κ2) is 12.8. The smallest absolute Gasteiger partial charge is 0.196 e. The van der Waals surface area contributed by atoms with Gasteiger partial charge in [-0.1, -0.05) is 37.3 Å². The molecule has 0 fully saturated rings. The minimum absolute atomic E-state index is 0.131. The van der Waals surface area contributed by atoms with Crippen LogP contribution in [-0.4, -0.2) is 29.6 Å². The number of aromatic nitrogens is 1. The van der Waals surface area contributed by atoms with Gasteiger partial charge in [-0.2, -0.15) is 5.11 Å². The number of ketones is 2. The Hall–Kier alpha value is -5.57. The molecule has 1 unspecified atom stereocenters. The van der Waals surface area contributed by atoms with Crippen molar-refractivity contribution >= 4 is 45.8 Å². The summed E-state index contributed by atoms with van der Waals surface area (Å²) in [5.41, 5.74) is 11.0. The van der Waals surface area contributed by atoms with Crippen molar-refractivity contribution in [3.8, 4) is 5.75 Å². The molecule has 1 atom stereocenters. The van der Waals surface area contributed by atoms with Crippen LogP contribution in [0.15, 0.2) is 101 Å². The predicted molar refractivity (Wildman–Crippen MR) is 182 cm³/mol. The molecule has 0 saturated carbocycles. The van der Waals surface area contributed by atoms with Gasteiger partial charge < -0.3 is 20.7 Å². The highest BCUT2D eigenvalue weighted by molar-refractivity contribution is 6.32. The fourth-order valence-corrected chi connectivity index (χ4v) is 5.64. The number of hydrogen-bond acceptors (Lipinski definition) is 9. The monoisotopic (exact) mass is 612 g/mol. The molecule has 232 valence electrons. The first kappa shape index (κ1) is 30.5.